The molecule has 0 N–H and O–H groups in total. The first-order valence-electron chi connectivity index (χ1n) is 7.76. The van der Waals surface area contributed by atoms with Crippen LogP contribution in [-0.2, 0) is 0 Å². The van der Waals surface area contributed by atoms with Crippen molar-refractivity contribution in [2.24, 2.45) is 0 Å². The lowest BCUT2D eigenvalue weighted by Crippen LogP contribution is -2.38. The van der Waals surface area contributed by atoms with Gasteiger partial charge in [0.05, 0.1) is 17.1 Å². The topological polar surface area (TPSA) is 89.9 Å². The molecule has 0 unspecified atom stereocenters. The third-order valence-electron chi connectivity index (χ3n) is 4.11. The van der Waals surface area contributed by atoms with Crippen molar-refractivity contribution in [2.75, 3.05) is 13.1 Å². The van der Waals surface area contributed by atoms with Gasteiger partial charge in [0.15, 0.2) is 11.5 Å². The number of carbonyl (C=O) groups excluding carboxylic acids is 1. The zero-order valence-corrected chi connectivity index (χ0v) is 13.9. The Kier molecular flexibility index (Phi) is 3.85. The maximum absolute atomic E-state index is 12.4. The molecule has 9 heteroatoms. The number of hydrogen-bond donors (Lipinski definition) is 0. The summed E-state index contributed by atoms with van der Waals surface area (Å²) in [4.78, 5) is 19.2. The van der Waals surface area contributed by atoms with Gasteiger partial charge in [-0.25, -0.2) is 4.68 Å². The minimum absolute atomic E-state index is 0.115. The fourth-order valence-corrected chi connectivity index (χ4v) is 3.53. The molecule has 3 aromatic rings. The fourth-order valence-electron chi connectivity index (χ4n) is 2.84. The molecular formula is C15H16N6O2S. The van der Waals surface area contributed by atoms with E-state index in [9.17, 15) is 4.79 Å². The Labute approximate surface area is 142 Å². The van der Waals surface area contributed by atoms with Crippen LogP contribution in [0.3, 0.4) is 0 Å². The maximum Gasteiger partial charge on any atom is 0.280 e. The second-order valence-corrected chi connectivity index (χ2v) is 6.68. The first kappa shape index (κ1) is 15.0. The second kappa shape index (κ2) is 6.16. The monoisotopic (exact) mass is 344 g/mol. The quantitative estimate of drug-likeness (QED) is 0.723. The van der Waals surface area contributed by atoms with E-state index in [2.05, 4.69) is 20.5 Å². The molecular weight excluding hydrogens is 328 g/mol. The average molecular weight is 344 g/mol. The lowest BCUT2D eigenvalue weighted by molar-refractivity contribution is 0.0694. The highest BCUT2D eigenvalue weighted by molar-refractivity contribution is 7.12. The van der Waals surface area contributed by atoms with Crippen LogP contribution in [0.1, 0.15) is 34.4 Å². The number of rotatable bonds is 3. The molecule has 1 saturated heterocycles. The van der Waals surface area contributed by atoms with Crippen molar-refractivity contribution in [3.8, 4) is 11.6 Å². The fraction of sp³-hybridized carbons (Fsp3) is 0.400. The molecule has 0 bridgehead atoms. The molecule has 8 nitrogen and oxygen atoms in total. The van der Waals surface area contributed by atoms with Crippen LogP contribution in [0.2, 0.25) is 0 Å². The maximum atomic E-state index is 12.4. The summed E-state index contributed by atoms with van der Waals surface area (Å²) < 4.78 is 6.95. The number of amides is 1. The summed E-state index contributed by atoms with van der Waals surface area (Å²) in [6, 6.07) is 4.00. The highest BCUT2D eigenvalue weighted by Crippen LogP contribution is 2.25. The van der Waals surface area contributed by atoms with Gasteiger partial charge in [-0.15, -0.1) is 16.4 Å². The number of carbonyl (C=O) groups is 1. The zero-order valence-electron chi connectivity index (χ0n) is 13.1. The standard InChI is InChI=1S/C15H16N6O2S/c1-10-16-14(23-18-10)12-9-21(19-17-12)11-4-6-20(7-5-11)15(22)13-3-2-8-24-13/h2-3,8-9,11H,4-7H2,1H3. The van der Waals surface area contributed by atoms with Gasteiger partial charge >= 0.3 is 0 Å². The molecule has 4 rings (SSSR count). The van der Waals surface area contributed by atoms with E-state index in [1.807, 2.05) is 33.3 Å². The summed E-state index contributed by atoms with van der Waals surface area (Å²) in [6.07, 6.45) is 3.53. The van der Waals surface area contributed by atoms with Gasteiger partial charge in [-0.3, -0.25) is 4.79 Å². The molecule has 24 heavy (non-hydrogen) atoms. The van der Waals surface area contributed by atoms with E-state index in [0.29, 0.717) is 17.4 Å². The Balaban J connectivity index is 1.41. The molecule has 0 saturated carbocycles. The zero-order chi connectivity index (χ0) is 16.5. The van der Waals surface area contributed by atoms with Gasteiger partial charge in [-0.2, -0.15) is 4.98 Å². The molecule has 0 aromatic carbocycles. The molecule has 0 atom stereocenters. The highest BCUT2D eigenvalue weighted by Gasteiger charge is 2.26. The Morgan fingerprint density at radius 2 is 2.21 bits per heavy atom. The molecule has 0 spiro atoms. The van der Waals surface area contributed by atoms with Crippen molar-refractivity contribution < 1.29 is 9.32 Å². The summed E-state index contributed by atoms with van der Waals surface area (Å²) in [6.45, 7) is 3.20. The molecule has 4 heterocycles. The lowest BCUT2D eigenvalue weighted by atomic mass is 10.1. The van der Waals surface area contributed by atoms with Crippen LogP contribution >= 0.6 is 11.3 Å². The van der Waals surface area contributed by atoms with Gasteiger partial charge in [-0.1, -0.05) is 16.4 Å². The molecule has 0 radical (unpaired) electrons. The van der Waals surface area contributed by atoms with Crippen molar-refractivity contribution in [1.82, 2.24) is 30.0 Å². The van der Waals surface area contributed by atoms with Crippen molar-refractivity contribution in [2.45, 2.75) is 25.8 Å². The third kappa shape index (κ3) is 2.82. The van der Waals surface area contributed by atoms with E-state index in [1.165, 1.54) is 11.3 Å². The summed E-state index contributed by atoms with van der Waals surface area (Å²) in [5.74, 6) is 1.06. The number of aryl methyl sites for hydroxylation is 1. The molecule has 1 aliphatic rings. The number of piperidine rings is 1. The van der Waals surface area contributed by atoms with Crippen LogP contribution in [0.15, 0.2) is 28.2 Å². The molecule has 0 aliphatic carbocycles. The minimum atomic E-state index is 0.115. The van der Waals surface area contributed by atoms with Crippen LogP contribution in [0, 0.1) is 6.92 Å². The normalized spacial score (nSPS) is 15.8. The largest absolute Gasteiger partial charge is 0.338 e. The van der Waals surface area contributed by atoms with Crippen LogP contribution < -0.4 is 0 Å². The predicted molar refractivity (Wildman–Crippen MR) is 86.5 cm³/mol. The van der Waals surface area contributed by atoms with Crippen molar-refractivity contribution >= 4 is 17.2 Å². The van der Waals surface area contributed by atoms with Crippen LogP contribution in [0.4, 0.5) is 0 Å². The first-order chi connectivity index (χ1) is 11.7. The minimum Gasteiger partial charge on any atom is -0.338 e. The van der Waals surface area contributed by atoms with Crippen LogP contribution in [0.25, 0.3) is 11.6 Å². The number of likely N-dealkylation sites (tertiary alicyclic amines) is 1. The summed E-state index contributed by atoms with van der Waals surface area (Å²) in [5, 5.41) is 14.0. The summed E-state index contributed by atoms with van der Waals surface area (Å²) in [5.41, 5.74) is 0.577. The average Bonchev–Trinajstić information content (AvgIpc) is 3.35. The van der Waals surface area contributed by atoms with Crippen molar-refractivity contribution in [3.63, 3.8) is 0 Å². The van der Waals surface area contributed by atoms with Gasteiger partial charge in [0, 0.05) is 13.1 Å². The number of nitrogens with zero attached hydrogens (tertiary/aromatic N) is 6. The third-order valence-corrected chi connectivity index (χ3v) is 4.97. The Hall–Kier alpha value is -2.55. The first-order valence-corrected chi connectivity index (χ1v) is 8.64. The Morgan fingerprint density at radius 1 is 1.38 bits per heavy atom. The van der Waals surface area contributed by atoms with Gasteiger partial charge in [0.2, 0.25) is 0 Å². The van der Waals surface area contributed by atoms with E-state index in [-0.39, 0.29) is 11.9 Å². The van der Waals surface area contributed by atoms with E-state index in [0.717, 1.165) is 30.8 Å². The van der Waals surface area contributed by atoms with E-state index in [4.69, 9.17) is 4.52 Å². The Morgan fingerprint density at radius 3 is 2.88 bits per heavy atom. The highest BCUT2D eigenvalue weighted by atomic mass is 32.1. The van der Waals surface area contributed by atoms with Crippen LogP contribution in [0.5, 0.6) is 0 Å². The number of hydrogen-bond acceptors (Lipinski definition) is 7. The van der Waals surface area contributed by atoms with Crippen LogP contribution in [-0.4, -0.2) is 49.0 Å². The molecule has 124 valence electrons. The van der Waals surface area contributed by atoms with Gasteiger partial charge < -0.3 is 9.42 Å². The van der Waals surface area contributed by atoms with Gasteiger partial charge in [-0.05, 0) is 31.2 Å². The Bertz CT molecular complexity index is 832. The van der Waals surface area contributed by atoms with Crippen molar-refractivity contribution in [1.29, 1.82) is 0 Å². The molecule has 1 amide bonds. The van der Waals surface area contributed by atoms with Crippen molar-refractivity contribution in [3.05, 3.63) is 34.4 Å². The summed E-state index contributed by atoms with van der Waals surface area (Å²) >= 11 is 1.48. The predicted octanol–water partition coefficient (Wildman–Crippen LogP) is 2.18. The smallest absolute Gasteiger partial charge is 0.280 e. The molecule has 3 aromatic heterocycles. The number of aromatic nitrogens is 5. The number of thiophene rings is 1. The van der Waals surface area contributed by atoms with E-state index < -0.39 is 0 Å². The molecule has 1 fully saturated rings. The molecule has 1 aliphatic heterocycles. The second-order valence-electron chi connectivity index (χ2n) is 5.73. The van der Waals surface area contributed by atoms with Gasteiger partial charge in [0.1, 0.15) is 0 Å². The van der Waals surface area contributed by atoms with Gasteiger partial charge in [0.25, 0.3) is 11.8 Å². The van der Waals surface area contributed by atoms with E-state index >= 15 is 0 Å². The summed E-state index contributed by atoms with van der Waals surface area (Å²) in [7, 11) is 0. The van der Waals surface area contributed by atoms with E-state index in [1.54, 1.807) is 6.92 Å². The SMILES string of the molecule is Cc1noc(-c2cn(C3CCN(C(=O)c4cccs4)CC3)nn2)n1. The lowest BCUT2D eigenvalue weighted by Gasteiger charge is -2.31.